The van der Waals surface area contributed by atoms with Gasteiger partial charge in [0.1, 0.15) is 0 Å². The predicted molar refractivity (Wildman–Crippen MR) is 90.7 cm³/mol. The van der Waals surface area contributed by atoms with Gasteiger partial charge in [-0.05, 0) is 42.7 Å². The van der Waals surface area contributed by atoms with Crippen LogP contribution >= 0.6 is 0 Å². The minimum Gasteiger partial charge on any atom is -0.356 e. The largest absolute Gasteiger partial charge is 0.356 e. The Morgan fingerprint density at radius 3 is 2.55 bits per heavy atom. The van der Waals surface area contributed by atoms with E-state index >= 15 is 0 Å². The molecule has 1 heteroatoms. The van der Waals surface area contributed by atoms with Gasteiger partial charge in [-0.1, -0.05) is 62.6 Å². The summed E-state index contributed by atoms with van der Waals surface area (Å²) in [5.41, 5.74) is 4.29. The van der Waals surface area contributed by atoms with Crippen LogP contribution in [0.2, 0.25) is 0 Å². The number of hydrogen-bond acceptors (Lipinski definition) is 1. The lowest BCUT2D eigenvalue weighted by atomic mass is 10.1. The maximum absolute atomic E-state index is 4.05. The van der Waals surface area contributed by atoms with Crippen LogP contribution in [0.25, 0.3) is 0 Å². The van der Waals surface area contributed by atoms with Gasteiger partial charge in [-0.3, -0.25) is 0 Å². The van der Waals surface area contributed by atoms with Gasteiger partial charge in [0.2, 0.25) is 0 Å². The van der Waals surface area contributed by atoms with E-state index in [0.717, 1.165) is 29.0 Å². The lowest BCUT2D eigenvalue weighted by Gasteiger charge is -2.09. The minimum absolute atomic E-state index is 0.980. The lowest BCUT2D eigenvalue weighted by Crippen LogP contribution is -1.98. The molecule has 0 aliphatic rings. The second kappa shape index (κ2) is 8.76. The summed E-state index contributed by atoms with van der Waals surface area (Å²) in [6.45, 7) is 11.9. The van der Waals surface area contributed by atoms with Gasteiger partial charge in [0.15, 0.2) is 0 Å². The number of benzene rings is 1. The third-order valence-corrected chi connectivity index (χ3v) is 2.80. The first-order valence-corrected chi connectivity index (χ1v) is 6.86. The highest BCUT2D eigenvalue weighted by Crippen LogP contribution is 2.15. The Hall–Kier alpha value is -2.28. The molecular weight excluding hydrogens is 242 g/mol. The Kier molecular flexibility index (Phi) is 6.91. The molecule has 1 rings (SSSR count). The molecule has 0 spiro atoms. The lowest BCUT2D eigenvalue weighted by molar-refractivity contribution is 1.19. The fourth-order valence-corrected chi connectivity index (χ4v) is 1.70. The van der Waals surface area contributed by atoms with Crippen molar-refractivity contribution in [3.8, 4) is 0 Å². The predicted octanol–water partition coefficient (Wildman–Crippen LogP) is 5.64. The van der Waals surface area contributed by atoms with E-state index in [1.165, 1.54) is 0 Å². The van der Waals surface area contributed by atoms with Crippen LogP contribution in [0, 0.1) is 0 Å². The second-order valence-electron chi connectivity index (χ2n) is 4.51. The quantitative estimate of drug-likeness (QED) is 0.629. The highest BCUT2D eigenvalue weighted by Gasteiger charge is 1.97. The third-order valence-electron chi connectivity index (χ3n) is 2.80. The van der Waals surface area contributed by atoms with Crippen molar-refractivity contribution in [2.45, 2.75) is 20.3 Å². The van der Waals surface area contributed by atoms with E-state index in [2.05, 4.69) is 56.6 Å². The van der Waals surface area contributed by atoms with Crippen molar-refractivity contribution in [2.75, 3.05) is 5.32 Å². The van der Waals surface area contributed by atoms with Crippen molar-refractivity contribution in [1.82, 2.24) is 0 Å². The van der Waals surface area contributed by atoms with Crippen molar-refractivity contribution in [3.63, 3.8) is 0 Å². The molecule has 0 bridgehead atoms. The van der Waals surface area contributed by atoms with Crippen molar-refractivity contribution >= 4 is 5.69 Å². The van der Waals surface area contributed by atoms with Gasteiger partial charge < -0.3 is 5.32 Å². The first kappa shape index (κ1) is 15.8. The Labute approximate surface area is 122 Å². The van der Waals surface area contributed by atoms with Gasteiger partial charge in [-0.15, -0.1) is 0 Å². The summed E-state index contributed by atoms with van der Waals surface area (Å²) in [5.74, 6) is 0. The molecule has 20 heavy (non-hydrogen) atoms. The fraction of sp³-hybridized carbons (Fsp3) is 0.158. The molecule has 0 atom stereocenters. The monoisotopic (exact) mass is 265 g/mol. The molecule has 0 fully saturated rings. The van der Waals surface area contributed by atoms with E-state index < -0.39 is 0 Å². The molecule has 0 saturated heterocycles. The summed E-state index contributed by atoms with van der Waals surface area (Å²) in [6, 6.07) is 10.2. The molecule has 104 valence electrons. The van der Waals surface area contributed by atoms with Crippen LogP contribution in [0.5, 0.6) is 0 Å². The summed E-state index contributed by atoms with van der Waals surface area (Å²) in [6.07, 6.45) is 10.9. The molecule has 0 radical (unpaired) electrons. The van der Waals surface area contributed by atoms with Crippen LogP contribution in [0.1, 0.15) is 20.3 Å². The molecule has 0 saturated carbocycles. The standard InChI is InChI=1S/C19H23N/c1-5-7-12-16(3)17(4)15-19(11-6-2)20-18-13-9-8-10-14-18/h5,7-15,20H,1,3,6H2,2,4H3/b12-7-,17-15+,19-11+. The van der Waals surface area contributed by atoms with Crippen LogP contribution in [-0.2, 0) is 0 Å². The van der Waals surface area contributed by atoms with Crippen LogP contribution in [-0.4, -0.2) is 0 Å². The maximum Gasteiger partial charge on any atom is 0.0384 e. The topological polar surface area (TPSA) is 12.0 Å². The number of anilines is 1. The molecule has 0 aliphatic carbocycles. The Morgan fingerprint density at radius 1 is 1.25 bits per heavy atom. The first-order valence-electron chi connectivity index (χ1n) is 6.86. The van der Waals surface area contributed by atoms with E-state index in [-0.39, 0.29) is 0 Å². The van der Waals surface area contributed by atoms with Crippen molar-refractivity contribution < 1.29 is 0 Å². The molecule has 1 aromatic rings. The van der Waals surface area contributed by atoms with E-state index in [1.54, 1.807) is 6.08 Å². The third kappa shape index (κ3) is 5.57. The smallest absolute Gasteiger partial charge is 0.0384 e. The van der Waals surface area contributed by atoms with Crippen molar-refractivity contribution in [3.05, 3.63) is 90.7 Å². The number of rotatable bonds is 7. The zero-order chi connectivity index (χ0) is 14.8. The van der Waals surface area contributed by atoms with Crippen LogP contribution in [0.15, 0.2) is 90.7 Å². The molecule has 1 N–H and O–H groups in total. The number of para-hydroxylation sites is 1. The number of nitrogens with one attached hydrogen (secondary N) is 1. The van der Waals surface area contributed by atoms with E-state index in [0.29, 0.717) is 0 Å². The van der Waals surface area contributed by atoms with E-state index in [9.17, 15) is 0 Å². The summed E-state index contributed by atoms with van der Waals surface area (Å²) in [5, 5.41) is 3.42. The van der Waals surface area contributed by atoms with Gasteiger partial charge in [0.25, 0.3) is 0 Å². The van der Waals surface area contributed by atoms with Crippen LogP contribution < -0.4 is 5.32 Å². The maximum atomic E-state index is 4.05. The average molecular weight is 265 g/mol. The van der Waals surface area contributed by atoms with Gasteiger partial charge in [-0.2, -0.15) is 0 Å². The summed E-state index contributed by atoms with van der Waals surface area (Å²) >= 11 is 0. The number of allylic oxidation sites excluding steroid dienone is 7. The van der Waals surface area contributed by atoms with E-state index in [1.807, 2.05) is 30.4 Å². The Balaban J connectivity index is 2.87. The van der Waals surface area contributed by atoms with Crippen LogP contribution in [0.4, 0.5) is 5.69 Å². The SMILES string of the molecule is C=C/C=C\C(=C)/C(C)=C/C(=C\CC)Nc1ccccc1. The van der Waals surface area contributed by atoms with Gasteiger partial charge in [-0.25, -0.2) is 0 Å². The number of hydrogen-bond donors (Lipinski definition) is 1. The van der Waals surface area contributed by atoms with Gasteiger partial charge >= 0.3 is 0 Å². The van der Waals surface area contributed by atoms with Gasteiger partial charge in [0.05, 0.1) is 0 Å². The average Bonchev–Trinajstić information content (AvgIpc) is 2.46. The molecule has 0 heterocycles. The van der Waals surface area contributed by atoms with Crippen LogP contribution in [0.3, 0.4) is 0 Å². The fourth-order valence-electron chi connectivity index (χ4n) is 1.70. The summed E-state index contributed by atoms with van der Waals surface area (Å²) in [7, 11) is 0. The highest BCUT2D eigenvalue weighted by molar-refractivity contribution is 5.52. The molecule has 0 amide bonds. The highest BCUT2D eigenvalue weighted by atomic mass is 14.9. The molecule has 0 unspecified atom stereocenters. The summed E-state index contributed by atoms with van der Waals surface area (Å²) in [4.78, 5) is 0. The normalized spacial score (nSPS) is 12.5. The zero-order valence-electron chi connectivity index (χ0n) is 12.4. The van der Waals surface area contributed by atoms with Gasteiger partial charge in [0, 0.05) is 11.4 Å². The Bertz CT molecular complexity index is 530. The molecule has 1 nitrogen and oxygen atoms in total. The van der Waals surface area contributed by atoms with E-state index in [4.69, 9.17) is 0 Å². The molecular formula is C19H23N. The molecule has 0 aromatic heterocycles. The summed E-state index contributed by atoms with van der Waals surface area (Å²) < 4.78 is 0. The van der Waals surface area contributed by atoms with Crippen molar-refractivity contribution in [1.29, 1.82) is 0 Å². The zero-order valence-corrected chi connectivity index (χ0v) is 12.4. The first-order chi connectivity index (χ1) is 9.67. The molecule has 1 aromatic carbocycles. The minimum atomic E-state index is 0.980. The van der Waals surface area contributed by atoms with Crippen molar-refractivity contribution in [2.24, 2.45) is 0 Å². The Morgan fingerprint density at radius 2 is 1.95 bits per heavy atom. The molecule has 0 aliphatic heterocycles. The second-order valence-corrected chi connectivity index (χ2v) is 4.51.